The van der Waals surface area contributed by atoms with E-state index in [2.05, 4.69) is 55.4 Å². The van der Waals surface area contributed by atoms with Gasteiger partial charge in [-0.3, -0.25) is 37.3 Å². The van der Waals surface area contributed by atoms with Gasteiger partial charge in [0.2, 0.25) is 0 Å². The lowest BCUT2D eigenvalue weighted by atomic mass is 9.99. The molecule has 0 amide bonds. The Labute approximate surface area is 549 Å². The highest BCUT2D eigenvalue weighted by atomic mass is 31.2. The molecular weight excluding hydrogens is 1190 g/mol. The zero-order valence-corrected chi connectivity index (χ0v) is 60.6. The first-order valence-electron chi connectivity index (χ1n) is 36.7. The van der Waals surface area contributed by atoms with E-state index in [0.717, 1.165) is 108 Å². The lowest BCUT2D eigenvalue weighted by Crippen LogP contribution is -2.30. The van der Waals surface area contributed by atoms with Crippen molar-refractivity contribution in [2.45, 2.75) is 369 Å². The van der Waals surface area contributed by atoms with E-state index < -0.39 is 97.5 Å². The fourth-order valence-electron chi connectivity index (χ4n) is 10.6. The average molecular weight is 1330 g/mol. The summed E-state index contributed by atoms with van der Waals surface area (Å²) in [6.07, 6.45) is 43.4. The van der Waals surface area contributed by atoms with E-state index in [1.165, 1.54) is 148 Å². The summed E-state index contributed by atoms with van der Waals surface area (Å²) < 4.78 is 68.2. The molecule has 0 saturated carbocycles. The van der Waals surface area contributed by atoms with Crippen LogP contribution in [0.3, 0.4) is 0 Å². The molecule has 0 rings (SSSR count). The number of carbonyl (C=O) groups excluding carboxylic acids is 4. The Hall–Kier alpha value is -1.94. The zero-order chi connectivity index (χ0) is 66.8. The normalized spacial score (nSPS) is 14.6. The van der Waals surface area contributed by atoms with Gasteiger partial charge in [0.1, 0.15) is 19.3 Å². The highest BCUT2D eigenvalue weighted by Gasteiger charge is 2.30. The van der Waals surface area contributed by atoms with Gasteiger partial charge in [-0.15, -0.1) is 0 Å². The summed E-state index contributed by atoms with van der Waals surface area (Å²) in [5.41, 5.74) is 0. The van der Waals surface area contributed by atoms with Crippen LogP contribution in [-0.4, -0.2) is 96.7 Å². The van der Waals surface area contributed by atoms with Crippen LogP contribution in [0.4, 0.5) is 0 Å². The Bertz CT molecular complexity index is 1780. The average Bonchev–Trinajstić information content (AvgIpc) is 2.89. The van der Waals surface area contributed by atoms with E-state index in [1.54, 1.807) is 0 Å². The molecule has 19 heteroatoms. The molecule has 6 atom stereocenters. The summed E-state index contributed by atoms with van der Waals surface area (Å²) in [7, 11) is -9.90. The molecule has 0 aromatic heterocycles. The Kier molecular flexibility index (Phi) is 59.4. The van der Waals surface area contributed by atoms with Crippen LogP contribution >= 0.6 is 15.6 Å². The maximum absolute atomic E-state index is 13.0. The van der Waals surface area contributed by atoms with Crippen LogP contribution in [0.25, 0.3) is 0 Å². The van der Waals surface area contributed by atoms with E-state index in [-0.39, 0.29) is 25.7 Å². The summed E-state index contributed by atoms with van der Waals surface area (Å²) in [6, 6.07) is 0. The second kappa shape index (κ2) is 60.7. The van der Waals surface area contributed by atoms with Crippen molar-refractivity contribution in [1.29, 1.82) is 0 Å². The van der Waals surface area contributed by atoms with Crippen molar-refractivity contribution < 1.29 is 80.2 Å². The number of rotatable bonds is 68. The monoisotopic (exact) mass is 1320 g/mol. The molecule has 0 aliphatic heterocycles. The van der Waals surface area contributed by atoms with Gasteiger partial charge in [-0.25, -0.2) is 9.13 Å². The lowest BCUT2D eigenvalue weighted by molar-refractivity contribution is -0.161. The summed E-state index contributed by atoms with van der Waals surface area (Å²) in [6.45, 7) is 14.0. The van der Waals surface area contributed by atoms with Crippen molar-refractivity contribution in [3.05, 3.63) is 0 Å². The lowest BCUT2D eigenvalue weighted by Gasteiger charge is -2.21. The predicted molar refractivity (Wildman–Crippen MR) is 363 cm³/mol. The minimum absolute atomic E-state index is 0.102. The largest absolute Gasteiger partial charge is 0.472 e. The first-order valence-corrected chi connectivity index (χ1v) is 39.7. The van der Waals surface area contributed by atoms with Crippen LogP contribution < -0.4 is 0 Å². The highest BCUT2D eigenvalue weighted by molar-refractivity contribution is 7.47. The van der Waals surface area contributed by atoms with E-state index in [1.807, 2.05) is 0 Å². The van der Waals surface area contributed by atoms with Crippen LogP contribution in [0.2, 0.25) is 0 Å². The molecule has 4 unspecified atom stereocenters. The van der Waals surface area contributed by atoms with Gasteiger partial charge in [-0.2, -0.15) is 0 Å². The Morgan fingerprint density at radius 3 is 0.789 bits per heavy atom. The van der Waals surface area contributed by atoms with Gasteiger partial charge < -0.3 is 33.8 Å². The van der Waals surface area contributed by atoms with Crippen molar-refractivity contribution in [3.63, 3.8) is 0 Å². The zero-order valence-electron chi connectivity index (χ0n) is 58.8. The minimum atomic E-state index is -4.95. The van der Waals surface area contributed by atoms with Gasteiger partial charge >= 0.3 is 39.5 Å². The first kappa shape index (κ1) is 88.1. The summed E-state index contributed by atoms with van der Waals surface area (Å²) in [5, 5.41) is 10.6. The number of esters is 4. The minimum Gasteiger partial charge on any atom is -0.462 e. The third-order valence-electron chi connectivity index (χ3n) is 16.7. The molecular formula is C71H138O17P2. The summed E-state index contributed by atoms with van der Waals surface area (Å²) >= 11 is 0. The molecule has 17 nitrogen and oxygen atoms in total. The van der Waals surface area contributed by atoms with Crippen LogP contribution in [0.1, 0.15) is 351 Å². The molecule has 0 radical (unpaired) electrons. The molecule has 90 heavy (non-hydrogen) atoms. The van der Waals surface area contributed by atoms with Crippen molar-refractivity contribution in [2.75, 3.05) is 39.6 Å². The number of phosphoric acid groups is 2. The third kappa shape index (κ3) is 63.5. The number of phosphoric ester groups is 2. The second-order valence-corrected chi connectivity index (χ2v) is 30.2. The van der Waals surface area contributed by atoms with E-state index >= 15 is 0 Å². The quantitative estimate of drug-likeness (QED) is 0.0222. The molecule has 0 aromatic carbocycles. The number of hydrogen-bond donors (Lipinski definition) is 3. The molecule has 0 spiro atoms. The van der Waals surface area contributed by atoms with E-state index in [4.69, 9.17) is 37.0 Å². The van der Waals surface area contributed by atoms with Crippen LogP contribution in [0.15, 0.2) is 0 Å². The maximum atomic E-state index is 13.0. The van der Waals surface area contributed by atoms with Crippen LogP contribution in [-0.2, 0) is 65.4 Å². The molecule has 0 fully saturated rings. The van der Waals surface area contributed by atoms with E-state index in [9.17, 15) is 43.2 Å². The van der Waals surface area contributed by atoms with Crippen molar-refractivity contribution >= 4 is 39.5 Å². The summed E-state index contributed by atoms with van der Waals surface area (Å²) in [4.78, 5) is 72.5. The second-order valence-electron chi connectivity index (χ2n) is 27.3. The van der Waals surface area contributed by atoms with Crippen molar-refractivity contribution in [3.8, 4) is 0 Å². The highest BCUT2D eigenvalue weighted by Crippen LogP contribution is 2.45. The molecule has 0 saturated heterocycles. The maximum Gasteiger partial charge on any atom is 0.472 e. The Morgan fingerprint density at radius 2 is 0.533 bits per heavy atom. The van der Waals surface area contributed by atoms with Crippen molar-refractivity contribution in [2.24, 2.45) is 23.7 Å². The van der Waals surface area contributed by atoms with Crippen LogP contribution in [0, 0.1) is 23.7 Å². The van der Waals surface area contributed by atoms with Gasteiger partial charge in [-0.05, 0) is 49.4 Å². The fourth-order valence-corrected chi connectivity index (χ4v) is 12.2. The van der Waals surface area contributed by atoms with Gasteiger partial charge in [0.25, 0.3) is 0 Å². The fraction of sp³-hybridized carbons (Fsp3) is 0.944. The molecule has 0 bridgehead atoms. The van der Waals surface area contributed by atoms with Gasteiger partial charge in [0.05, 0.1) is 26.4 Å². The predicted octanol–water partition coefficient (Wildman–Crippen LogP) is 20.1. The number of ether oxygens (including phenoxy) is 4. The number of hydrogen-bond acceptors (Lipinski definition) is 15. The summed E-state index contributed by atoms with van der Waals surface area (Å²) in [5.74, 6) is 0.822. The Morgan fingerprint density at radius 1 is 0.311 bits per heavy atom. The first-order chi connectivity index (χ1) is 43.1. The topological polar surface area (TPSA) is 237 Å². The molecule has 0 heterocycles. The number of carbonyl (C=O) groups is 4. The number of aliphatic hydroxyl groups is 1. The molecule has 0 aliphatic rings. The van der Waals surface area contributed by atoms with Crippen LogP contribution in [0.5, 0.6) is 0 Å². The number of aliphatic hydroxyl groups excluding tert-OH is 1. The third-order valence-corrected chi connectivity index (χ3v) is 18.6. The SMILES string of the molecule is CCC(C)CCCCCCCCCCC(=O)O[C@H](COC(=O)CCCCCCCCCC(C)C)COP(=O)(O)OCC(O)COP(=O)(O)OC[C@@H](COC(=O)CCCCCCCCCCCCCCCCCCC(C)C)OC(=O)CCCCCCCCC(C)C. The molecule has 3 N–H and O–H groups in total. The standard InChI is InChI=1S/C71H138O17P2/c1-9-64(8)50-42-34-25-20-21-27-37-45-53-70(75)87-66(57-82-69(74)52-44-36-28-22-24-32-40-48-62(4)5)59-85-89(77,78)83-55-65(72)56-84-90(79,80)86-60-67(88-71(76)54-46-38-30-29-33-41-49-63(6)7)58-81-68(73)51-43-35-26-19-17-15-13-11-10-12-14-16-18-23-31-39-47-61(2)3/h61-67,72H,9-60H2,1-8H3,(H,77,78)(H,79,80)/t64?,65?,66-,67-/m1/s1. The van der Waals surface area contributed by atoms with Gasteiger partial charge in [0.15, 0.2) is 12.2 Å². The van der Waals surface area contributed by atoms with Crippen molar-refractivity contribution in [1.82, 2.24) is 0 Å². The number of unbranched alkanes of at least 4 members (excludes halogenated alkanes) is 33. The Balaban J connectivity index is 5.16. The smallest absolute Gasteiger partial charge is 0.462 e. The van der Waals surface area contributed by atoms with Gasteiger partial charge in [0, 0.05) is 25.7 Å². The molecule has 534 valence electrons. The van der Waals surface area contributed by atoms with Gasteiger partial charge in [-0.1, -0.05) is 299 Å². The van der Waals surface area contributed by atoms with E-state index in [0.29, 0.717) is 37.5 Å². The molecule has 0 aromatic rings. The molecule has 0 aliphatic carbocycles.